The van der Waals surface area contributed by atoms with Crippen LogP contribution in [0.5, 0.6) is 5.75 Å². The summed E-state index contributed by atoms with van der Waals surface area (Å²) in [6.45, 7) is 3.54. The van der Waals surface area contributed by atoms with Gasteiger partial charge in [-0.05, 0) is 39.0 Å². The normalized spacial score (nSPS) is 17.8. The van der Waals surface area contributed by atoms with Crippen LogP contribution >= 0.6 is 11.6 Å². The zero-order valence-corrected chi connectivity index (χ0v) is 12.7. The molecule has 0 spiro atoms. The molecule has 0 saturated carbocycles. The van der Waals surface area contributed by atoms with Gasteiger partial charge in [-0.2, -0.15) is 0 Å². The lowest BCUT2D eigenvalue weighted by Gasteiger charge is -2.37. The molecule has 1 aromatic carbocycles. The fourth-order valence-corrected chi connectivity index (χ4v) is 2.98. The van der Waals surface area contributed by atoms with Gasteiger partial charge in [0.15, 0.2) is 0 Å². The highest BCUT2D eigenvalue weighted by Crippen LogP contribution is 2.29. The second kappa shape index (κ2) is 7.27. The van der Waals surface area contributed by atoms with E-state index in [1.165, 1.54) is 0 Å². The Morgan fingerprint density at radius 3 is 2.70 bits per heavy atom. The van der Waals surface area contributed by atoms with E-state index >= 15 is 0 Å². The molecule has 1 aliphatic heterocycles. The SMILES string of the molecule is CN1CCC(N(CCO)Cc2cccc(Cl)c2O)CC1. The Labute approximate surface area is 125 Å². The highest BCUT2D eigenvalue weighted by molar-refractivity contribution is 6.32. The number of nitrogens with zero attached hydrogens (tertiary/aromatic N) is 2. The molecule has 4 nitrogen and oxygen atoms in total. The molecule has 1 fully saturated rings. The van der Waals surface area contributed by atoms with E-state index in [1.807, 2.05) is 12.1 Å². The van der Waals surface area contributed by atoms with Gasteiger partial charge in [-0.15, -0.1) is 0 Å². The van der Waals surface area contributed by atoms with E-state index < -0.39 is 0 Å². The van der Waals surface area contributed by atoms with Crippen molar-refractivity contribution in [2.75, 3.05) is 33.3 Å². The number of hydrogen-bond donors (Lipinski definition) is 2. The maximum Gasteiger partial charge on any atom is 0.138 e. The van der Waals surface area contributed by atoms with E-state index in [4.69, 9.17) is 11.6 Å². The monoisotopic (exact) mass is 298 g/mol. The van der Waals surface area contributed by atoms with Gasteiger partial charge in [0, 0.05) is 24.7 Å². The molecule has 1 aliphatic rings. The van der Waals surface area contributed by atoms with Crippen LogP contribution in [0.4, 0.5) is 0 Å². The number of aliphatic hydroxyl groups excluding tert-OH is 1. The first kappa shape index (κ1) is 15.6. The van der Waals surface area contributed by atoms with Gasteiger partial charge in [0.25, 0.3) is 0 Å². The minimum absolute atomic E-state index is 0.133. The average Bonchev–Trinajstić information content (AvgIpc) is 2.44. The first-order valence-electron chi connectivity index (χ1n) is 7.11. The minimum atomic E-state index is 0.133. The number of para-hydroxylation sites is 1. The summed E-state index contributed by atoms with van der Waals surface area (Å²) in [5.41, 5.74) is 0.824. The van der Waals surface area contributed by atoms with E-state index in [0.29, 0.717) is 24.2 Å². The van der Waals surface area contributed by atoms with Crippen molar-refractivity contribution in [3.63, 3.8) is 0 Å². The Balaban J connectivity index is 2.07. The van der Waals surface area contributed by atoms with Gasteiger partial charge in [0.05, 0.1) is 11.6 Å². The minimum Gasteiger partial charge on any atom is -0.506 e. The molecule has 0 bridgehead atoms. The third kappa shape index (κ3) is 3.85. The summed E-state index contributed by atoms with van der Waals surface area (Å²) in [6, 6.07) is 5.88. The molecule has 2 N–H and O–H groups in total. The highest BCUT2D eigenvalue weighted by Gasteiger charge is 2.23. The van der Waals surface area contributed by atoms with E-state index in [-0.39, 0.29) is 12.4 Å². The fraction of sp³-hybridized carbons (Fsp3) is 0.600. The van der Waals surface area contributed by atoms with E-state index in [0.717, 1.165) is 31.5 Å². The van der Waals surface area contributed by atoms with Crippen molar-refractivity contribution in [3.05, 3.63) is 28.8 Å². The van der Waals surface area contributed by atoms with Crippen LogP contribution in [-0.4, -0.2) is 59.3 Å². The van der Waals surface area contributed by atoms with Crippen LogP contribution in [0.15, 0.2) is 18.2 Å². The first-order chi connectivity index (χ1) is 9.61. The molecule has 1 saturated heterocycles. The molecule has 0 aromatic heterocycles. The summed E-state index contributed by atoms with van der Waals surface area (Å²) in [7, 11) is 2.13. The van der Waals surface area contributed by atoms with Crippen LogP contribution in [0, 0.1) is 0 Å². The maximum absolute atomic E-state index is 10.0. The van der Waals surface area contributed by atoms with Gasteiger partial charge in [-0.1, -0.05) is 23.7 Å². The molecule has 0 unspecified atom stereocenters. The van der Waals surface area contributed by atoms with Crippen LogP contribution in [0.2, 0.25) is 5.02 Å². The third-order valence-corrected chi connectivity index (χ3v) is 4.34. The lowest BCUT2D eigenvalue weighted by Crippen LogP contribution is -2.44. The van der Waals surface area contributed by atoms with Crippen LogP contribution < -0.4 is 0 Å². The number of phenolic OH excluding ortho intramolecular Hbond substituents is 1. The molecular weight excluding hydrogens is 276 g/mol. The van der Waals surface area contributed by atoms with Crippen molar-refractivity contribution < 1.29 is 10.2 Å². The van der Waals surface area contributed by atoms with Gasteiger partial charge in [0.2, 0.25) is 0 Å². The van der Waals surface area contributed by atoms with Crippen molar-refractivity contribution in [3.8, 4) is 5.75 Å². The second-order valence-electron chi connectivity index (χ2n) is 5.48. The topological polar surface area (TPSA) is 46.9 Å². The van der Waals surface area contributed by atoms with Crippen LogP contribution in [0.1, 0.15) is 18.4 Å². The Morgan fingerprint density at radius 2 is 2.05 bits per heavy atom. The number of benzene rings is 1. The molecule has 2 rings (SSSR count). The van der Waals surface area contributed by atoms with E-state index in [1.54, 1.807) is 6.07 Å². The number of phenols is 1. The molecule has 20 heavy (non-hydrogen) atoms. The van der Waals surface area contributed by atoms with Crippen LogP contribution in [0.25, 0.3) is 0 Å². The Hall–Kier alpha value is -0.810. The molecule has 0 amide bonds. The lowest BCUT2D eigenvalue weighted by molar-refractivity contribution is 0.0934. The quantitative estimate of drug-likeness (QED) is 0.872. The molecular formula is C15H23ClN2O2. The predicted octanol–water partition coefficient (Wildman–Crippen LogP) is 1.93. The Bertz CT molecular complexity index is 434. The number of aromatic hydroxyl groups is 1. The van der Waals surface area contributed by atoms with Crippen LogP contribution in [-0.2, 0) is 6.54 Å². The summed E-state index contributed by atoms with van der Waals surface area (Å²) in [5, 5.41) is 19.7. The van der Waals surface area contributed by atoms with Gasteiger partial charge in [-0.25, -0.2) is 0 Å². The molecule has 1 heterocycles. The summed E-state index contributed by atoms with van der Waals surface area (Å²) < 4.78 is 0. The number of likely N-dealkylation sites (tertiary alicyclic amines) is 1. The largest absolute Gasteiger partial charge is 0.506 e. The van der Waals surface area contributed by atoms with Crippen molar-refractivity contribution in [2.45, 2.75) is 25.4 Å². The van der Waals surface area contributed by atoms with E-state index in [2.05, 4.69) is 16.8 Å². The van der Waals surface area contributed by atoms with Crippen molar-refractivity contribution in [1.29, 1.82) is 0 Å². The number of piperidine rings is 1. The van der Waals surface area contributed by atoms with E-state index in [9.17, 15) is 10.2 Å². The smallest absolute Gasteiger partial charge is 0.138 e. The second-order valence-corrected chi connectivity index (χ2v) is 5.88. The summed E-state index contributed by atoms with van der Waals surface area (Å²) in [6.07, 6.45) is 2.19. The predicted molar refractivity (Wildman–Crippen MR) is 81.1 cm³/mol. The van der Waals surface area contributed by atoms with Crippen molar-refractivity contribution in [2.24, 2.45) is 0 Å². The third-order valence-electron chi connectivity index (χ3n) is 4.04. The van der Waals surface area contributed by atoms with Crippen LogP contribution in [0.3, 0.4) is 0 Å². The average molecular weight is 299 g/mol. The number of halogens is 1. The fourth-order valence-electron chi connectivity index (χ4n) is 2.79. The zero-order valence-electron chi connectivity index (χ0n) is 11.9. The number of hydrogen-bond acceptors (Lipinski definition) is 4. The standard InChI is InChI=1S/C15H23ClN2O2/c1-17-7-5-13(6-8-17)18(9-10-19)11-12-3-2-4-14(16)15(12)20/h2-4,13,19-20H,5-11H2,1H3. The van der Waals surface area contributed by atoms with Gasteiger partial charge < -0.3 is 15.1 Å². The van der Waals surface area contributed by atoms with Crippen molar-refractivity contribution >= 4 is 11.6 Å². The summed E-state index contributed by atoms with van der Waals surface area (Å²) in [5.74, 6) is 0.157. The molecule has 0 aliphatic carbocycles. The molecule has 0 radical (unpaired) electrons. The van der Waals surface area contributed by atoms with Gasteiger partial charge in [0.1, 0.15) is 5.75 Å². The number of aliphatic hydroxyl groups is 1. The molecule has 5 heteroatoms. The Morgan fingerprint density at radius 1 is 1.35 bits per heavy atom. The first-order valence-corrected chi connectivity index (χ1v) is 7.49. The van der Waals surface area contributed by atoms with Crippen molar-refractivity contribution in [1.82, 2.24) is 9.80 Å². The van der Waals surface area contributed by atoms with Gasteiger partial charge >= 0.3 is 0 Å². The number of rotatable bonds is 5. The maximum atomic E-state index is 10.0. The molecule has 112 valence electrons. The zero-order chi connectivity index (χ0) is 14.5. The lowest BCUT2D eigenvalue weighted by atomic mass is 10.0. The summed E-state index contributed by atoms with van der Waals surface area (Å²) >= 11 is 5.95. The van der Waals surface area contributed by atoms with Gasteiger partial charge in [-0.3, -0.25) is 4.90 Å². The Kier molecular flexibility index (Phi) is 5.66. The highest BCUT2D eigenvalue weighted by atomic mass is 35.5. The summed E-state index contributed by atoms with van der Waals surface area (Å²) in [4.78, 5) is 4.57. The molecule has 0 atom stereocenters. The molecule has 1 aromatic rings.